The van der Waals surface area contributed by atoms with Gasteiger partial charge in [-0.2, -0.15) is 0 Å². The summed E-state index contributed by atoms with van der Waals surface area (Å²) in [5, 5.41) is 3.36. The summed E-state index contributed by atoms with van der Waals surface area (Å²) >= 11 is 1.51. The van der Waals surface area contributed by atoms with Gasteiger partial charge >= 0.3 is 0 Å². The van der Waals surface area contributed by atoms with Crippen LogP contribution < -0.4 is 5.32 Å². The van der Waals surface area contributed by atoms with E-state index in [2.05, 4.69) is 32.1 Å². The van der Waals surface area contributed by atoms with Crippen LogP contribution in [0.5, 0.6) is 0 Å². The van der Waals surface area contributed by atoms with Gasteiger partial charge in [-0.1, -0.05) is 6.92 Å². The number of thiazole rings is 1. The molecule has 2 aromatic rings. The lowest BCUT2D eigenvalue weighted by molar-refractivity contribution is -0.114. The summed E-state index contributed by atoms with van der Waals surface area (Å²) in [6.07, 6.45) is 6.54. The van der Waals surface area contributed by atoms with Gasteiger partial charge in [0.25, 0.3) is 0 Å². The monoisotopic (exact) mass is 363 g/mol. The fraction of sp³-hybridized carbons (Fsp3) is 0.529. The molecule has 1 aliphatic rings. The number of nitrogens with one attached hydrogen (secondary N) is 1. The molecular weight excluding hydrogens is 341 g/mol. The van der Waals surface area contributed by atoms with E-state index in [1.54, 1.807) is 0 Å². The van der Waals surface area contributed by atoms with Gasteiger partial charge in [0, 0.05) is 37.0 Å². The smallest absolute Gasteiger partial charge is 0.223 e. The zero-order valence-corrected chi connectivity index (χ0v) is 15.2. The molecule has 2 atom stereocenters. The van der Waals surface area contributed by atoms with E-state index in [9.17, 15) is 9.18 Å². The SMILES string of the molecule is CC(=O)Nc1ncc(CN2CCCC([C@@H](C)c3ncc(F)cn3)C2)s1. The molecule has 1 N–H and O–H groups in total. The van der Waals surface area contributed by atoms with Crippen LogP contribution >= 0.6 is 11.3 Å². The third-order valence-electron chi connectivity index (χ3n) is 4.51. The quantitative estimate of drug-likeness (QED) is 0.884. The third kappa shape index (κ3) is 4.79. The van der Waals surface area contributed by atoms with Crippen molar-refractivity contribution in [2.24, 2.45) is 5.92 Å². The van der Waals surface area contributed by atoms with Gasteiger partial charge in [0.15, 0.2) is 10.9 Å². The van der Waals surface area contributed by atoms with Crippen molar-refractivity contribution in [3.05, 3.63) is 35.1 Å². The molecule has 0 spiro atoms. The Hall–Kier alpha value is -1.93. The van der Waals surface area contributed by atoms with Gasteiger partial charge in [0.1, 0.15) is 5.82 Å². The lowest BCUT2D eigenvalue weighted by Gasteiger charge is -2.35. The minimum Gasteiger partial charge on any atom is -0.302 e. The van der Waals surface area contributed by atoms with Crippen LogP contribution in [0.2, 0.25) is 0 Å². The van der Waals surface area contributed by atoms with Crippen molar-refractivity contribution in [1.29, 1.82) is 0 Å². The molecule has 3 heterocycles. The third-order valence-corrected chi connectivity index (χ3v) is 5.41. The first-order valence-electron chi connectivity index (χ1n) is 8.43. The molecule has 3 rings (SSSR count). The van der Waals surface area contributed by atoms with Crippen LogP contribution in [0, 0.1) is 11.7 Å². The number of piperidine rings is 1. The van der Waals surface area contributed by atoms with E-state index in [4.69, 9.17) is 0 Å². The van der Waals surface area contributed by atoms with Gasteiger partial charge in [-0.3, -0.25) is 9.69 Å². The molecule has 1 aliphatic heterocycles. The summed E-state index contributed by atoms with van der Waals surface area (Å²) in [4.78, 5) is 27.1. The maximum atomic E-state index is 13.0. The first-order chi connectivity index (χ1) is 12.0. The molecule has 0 radical (unpaired) electrons. The summed E-state index contributed by atoms with van der Waals surface area (Å²) in [7, 11) is 0. The van der Waals surface area contributed by atoms with E-state index in [0.717, 1.165) is 37.4 Å². The van der Waals surface area contributed by atoms with Gasteiger partial charge in [0.2, 0.25) is 5.91 Å². The Kier molecular flexibility index (Phi) is 5.70. The van der Waals surface area contributed by atoms with Gasteiger partial charge in [-0.05, 0) is 25.3 Å². The average molecular weight is 363 g/mol. The van der Waals surface area contributed by atoms with Crippen molar-refractivity contribution in [3.8, 4) is 0 Å². The van der Waals surface area contributed by atoms with Crippen LogP contribution in [0.15, 0.2) is 18.6 Å². The van der Waals surface area contributed by atoms with Crippen molar-refractivity contribution in [1.82, 2.24) is 19.9 Å². The van der Waals surface area contributed by atoms with Crippen LogP contribution in [0.25, 0.3) is 0 Å². The number of halogens is 1. The highest BCUT2D eigenvalue weighted by atomic mass is 32.1. The van der Waals surface area contributed by atoms with Crippen LogP contribution in [0.1, 0.15) is 43.3 Å². The Labute approximate surface area is 150 Å². The predicted octanol–water partition coefficient (Wildman–Crippen LogP) is 3.05. The number of nitrogens with zero attached hydrogens (tertiary/aromatic N) is 4. The number of likely N-dealkylation sites (tertiary alicyclic amines) is 1. The lowest BCUT2D eigenvalue weighted by Crippen LogP contribution is -2.37. The first-order valence-corrected chi connectivity index (χ1v) is 9.25. The second kappa shape index (κ2) is 7.97. The molecule has 25 heavy (non-hydrogen) atoms. The Balaban J connectivity index is 1.60. The van der Waals surface area contributed by atoms with E-state index >= 15 is 0 Å². The van der Waals surface area contributed by atoms with Crippen LogP contribution in [-0.4, -0.2) is 38.8 Å². The Morgan fingerprint density at radius 1 is 1.40 bits per heavy atom. The highest BCUT2D eigenvalue weighted by molar-refractivity contribution is 7.15. The summed E-state index contributed by atoms with van der Waals surface area (Å²) in [6, 6.07) is 0. The van der Waals surface area contributed by atoms with Gasteiger partial charge < -0.3 is 5.32 Å². The van der Waals surface area contributed by atoms with Crippen LogP contribution in [0.4, 0.5) is 9.52 Å². The minimum absolute atomic E-state index is 0.105. The molecule has 1 fully saturated rings. The van der Waals surface area contributed by atoms with Crippen molar-refractivity contribution in [3.63, 3.8) is 0 Å². The van der Waals surface area contributed by atoms with Gasteiger partial charge in [-0.25, -0.2) is 19.3 Å². The van der Waals surface area contributed by atoms with Gasteiger partial charge in [-0.15, -0.1) is 11.3 Å². The van der Waals surface area contributed by atoms with E-state index < -0.39 is 5.82 Å². The zero-order chi connectivity index (χ0) is 17.8. The second-order valence-corrected chi connectivity index (χ2v) is 7.61. The molecule has 6 nitrogen and oxygen atoms in total. The Morgan fingerprint density at radius 2 is 2.16 bits per heavy atom. The standard InChI is InChI=1S/C17H22FN5OS/c1-11(16-19-6-14(18)7-20-16)13-4-3-5-23(9-13)10-15-8-21-17(25-15)22-12(2)24/h6-8,11,13H,3-5,9-10H2,1-2H3,(H,21,22,24)/t11-,13?/m1/s1. The average Bonchev–Trinajstić information content (AvgIpc) is 3.01. The van der Waals surface area contributed by atoms with Crippen molar-refractivity contribution in [2.75, 3.05) is 18.4 Å². The van der Waals surface area contributed by atoms with E-state index in [0.29, 0.717) is 16.9 Å². The molecule has 2 aromatic heterocycles. The number of amides is 1. The fourth-order valence-corrected chi connectivity index (χ4v) is 4.12. The predicted molar refractivity (Wildman–Crippen MR) is 94.8 cm³/mol. The largest absolute Gasteiger partial charge is 0.302 e. The Bertz CT molecular complexity index is 720. The summed E-state index contributed by atoms with van der Waals surface area (Å²) in [5.41, 5.74) is 0. The van der Waals surface area contributed by atoms with Crippen LogP contribution in [0.3, 0.4) is 0 Å². The molecule has 134 valence electrons. The van der Waals surface area contributed by atoms with Crippen molar-refractivity contribution in [2.45, 2.75) is 39.2 Å². The summed E-state index contributed by atoms with van der Waals surface area (Å²) in [5.74, 6) is 0.842. The topological polar surface area (TPSA) is 71.0 Å². The highest BCUT2D eigenvalue weighted by Crippen LogP contribution is 2.31. The summed E-state index contributed by atoms with van der Waals surface area (Å²) < 4.78 is 13.0. The maximum Gasteiger partial charge on any atom is 0.223 e. The number of hydrogen-bond acceptors (Lipinski definition) is 6. The van der Waals surface area contributed by atoms with Crippen molar-refractivity contribution >= 4 is 22.4 Å². The maximum absolute atomic E-state index is 13.0. The highest BCUT2D eigenvalue weighted by Gasteiger charge is 2.27. The molecular formula is C17H22FN5OS. The Morgan fingerprint density at radius 3 is 2.88 bits per heavy atom. The molecule has 1 amide bonds. The van der Waals surface area contributed by atoms with E-state index in [1.165, 1.54) is 30.7 Å². The number of rotatable bonds is 5. The number of carbonyl (C=O) groups excluding carboxylic acids is 1. The molecule has 0 bridgehead atoms. The molecule has 0 saturated carbocycles. The number of carbonyl (C=O) groups is 1. The number of anilines is 1. The normalized spacial score (nSPS) is 19.6. The van der Waals surface area contributed by atoms with Crippen molar-refractivity contribution < 1.29 is 9.18 Å². The van der Waals surface area contributed by atoms with E-state index in [1.807, 2.05) is 6.20 Å². The lowest BCUT2D eigenvalue weighted by atomic mass is 9.86. The second-order valence-electron chi connectivity index (χ2n) is 6.50. The molecule has 1 saturated heterocycles. The van der Waals surface area contributed by atoms with Gasteiger partial charge in [0.05, 0.1) is 12.4 Å². The molecule has 8 heteroatoms. The minimum atomic E-state index is -0.401. The van der Waals surface area contributed by atoms with Crippen LogP contribution in [-0.2, 0) is 11.3 Å². The molecule has 0 aliphatic carbocycles. The molecule has 0 aromatic carbocycles. The zero-order valence-electron chi connectivity index (χ0n) is 14.4. The summed E-state index contributed by atoms with van der Waals surface area (Å²) in [6.45, 7) is 6.42. The fourth-order valence-electron chi connectivity index (χ4n) is 3.22. The van der Waals surface area contributed by atoms with E-state index in [-0.39, 0.29) is 11.8 Å². The number of aromatic nitrogens is 3. The molecule has 1 unspecified atom stereocenters. The first kappa shape index (κ1) is 17.9. The number of hydrogen-bond donors (Lipinski definition) is 1.